The molecule has 3 N–H and O–H groups in total. The normalized spacial score (nSPS) is 12.7. The average molecular weight is 475 g/mol. The van der Waals surface area contributed by atoms with E-state index in [1.54, 1.807) is 6.07 Å². The smallest absolute Gasteiger partial charge is 0.238 e. The van der Waals surface area contributed by atoms with Crippen molar-refractivity contribution in [3.8, 4) is 0 Å². The second kappa shape index (κ2) is 11.0. The lowest BCUT2D eigenvalue weighted by Crippen LogP contribution is -2.34. The van der Waals surface area contributed by atoms with E-state index in [9.17, 15) is 13.2 Å². The quantitative estimate of drug-likeness (QED) is 0.412. The van der Waals surface area contributed by atoms with Gasteiger partial charge in [-0.05, 0) is 49.9 Å². The molecule has 0 aliphatic rings. The van der Waals surface area contributed by atoms with E-state index in [-0.39, 0.29) is 22.6 Å². The third kappa shape index (κ3) is 6.57. The molecule has 1 aromatic heterocycles. The fraction of sp³-hybridized carbons (Fsp3) is 0.391. The van der Waals surface area contributed by atoms with Crippen LogP contribution in [0.1, 0.15) is 38.7 Å². The van der Waals surface area contributed by atoms with Crippen LogP contribution in [0.3, 0.4) is 0 Å². The zero-order chi connectivity index (χ0) is 23.1. The van der Waals surface area contributed by atoms with Gasteiger partial charge < -0.3 is 9.88 Å². The number of benzene rings is 2. The summed E-state index contributed by atoms with van der Waals surface area (Å²) in [7, 11) is -3.80. The van der Waals surface area contributed by atoms with Crippen LogP contribution in [0, 0.1) is 0 Å². The van der Waals surface area contributed by atoms with Gasteiger partial charge >= 0.3 is 0 Å². The molecule has 7 nitrogen and oxygen atoms in total. The van der Waals surface area contributed by atoms with Crippen molar-refractivity contribution in [2.24, 2.45) is 5.14 Å². The van der Waals surface area contributed by atoms with Crippen LogP contribution in [0.15, 0.2) is 58.6 Å². The number of unbranched alkanes of at least 4 members (excludes halogenated alkanes) is 1. The molecule has 1 unspecified atom stereocenters. The van der Waals surface area contributed by atoms with E-state index < -0.39 is 10.0 Å². The van der Waals surface area contributed by atoms with Crippen LogP contribution >= 0.6 is 11.8 Å². The van der Waals surface area contributed by atoms with E-state index in [1.165, 1.54) is 29.5 Å². The van der Waals surface area contributed by atoms with Crippen molar-refractivity contribution in [2.45, 2.75) is 62.2 Å². The molecule has 0 fully saturated rings. The van der Waals surface area contributed by atoms with Crippen molar-refractivity contribution < 1.29 is 13.2 Å². The van der Waals surface area contributed by atoms with Gasteiger partial charge in [0.05, 0.1) is 21.7 Å². The second-order valence-electron chi connectivity index (χ2n) is 7.88. The number of carbonyl (C=O) groups excluding carboxylic acids is 1. The van der Waals surface area contributed by atoms with Gasteiger partial charge in [0, 0.05) is 12.6 Å². The minimum atomic E-state index is -3.80. The Morgan fingerprint density at radius 2 is 1.97 bits per heavy atom. The molecule has 1 heterocycles. The molecule has 9 heteroatoms. The second-order valence-corrected chi connectivity index (χ2v) is 10.4. The third-order valence-electron chi connectivity index (χ3n) is 5.20. The van der Waals surface area contributed by atoms with Crippen LogP contribution in [-0.2, 0) is 27.8 Å². The summed E-state index contributed by atoms with van der Waals surface area (Å²) in [5.74, 6) is 0.197. The van der Waals surface area contributed by atoms with Crippen molar-refractivity contribution in [1.82, 2.24) is 14.9 Å². The molecule has 0 saturated heterocycles. The molecule has 172 valence electrons. The van der Waals surface area contributed by atoms with Crippen molar-refractivity contribution in [2.75, 3.05) is 5.75 Å². The van der Waals surface area contributed by atoms with Gasteiger partial charge in [0.2, 0.25) is 15.9 Å². The Bertz CT molecular complexity index is 1160. The first-order valence-corrected chi connectivity index (χ1v) is 13.3. The minimum Gasteiger partial charge on any atom is -0.353 e. The van der Waals surface area contributed by atoms with Gasteiger partial charge in [-0.15, -0.1) is 0 Å². The number of nitrogens with two attached hydrogens (primary N) is 1. The van der Waals surface area contributed by atoms with E-state index >= 15 is 0 Å². The van der Waals surface area contributed by atoms with Gasteiger partial charge in [0.1, 0.15) is 0 Å². The highest BCUT2D eigenvalue weighted by atomic mass is 32.2. The zero-order valence-electron chi connectivity index (χ0n) is 18.5. The number of rotatable bonds is 11. The fourth-order valence-corrected chi connectivity index (χ4v) is 4.84. The zero-order valence-corrected chi connectivity index (χ0v) is 20.1. The molecule has 2 aromatic carbocycles. The van der Waals surface area contributed by atoms with Crippen LogP contribution in [0.2, 0.25) is 0 Å². The lowest BCUT2D eigenvalue weighted by atomic mass is 10.1. The Hall–Kier alpha value is -2.36. The van der Waals surface area contributed by atoms with Crippen LogP contribution in [-0.4, -0.2) is 35.7 Å². The number of hydrogen-bond donors (Lipinski definition) is 2. The molecule has 3 aromatic rings. The topological polar surface area (TPSA) is 107 Å². The standard InChI is InChI=1S/C23H30N4O3S2/c1-3-4-14-27-21-13-12-19(32(24,29)30)15-20(21)26-23(27)31-16-22(28)25-17(2)10-11-18-8-6-5-7-9-18/h5-9,12-13,15,17H,3-4,10-11,14,16H2,1-2H3,(H,25,28)(H2,24,29,30). The third-order valence-corrected chi connectivity index (χ3v) is 7.08. The number of imidazole rings is 1. The number of primary sulfonamides is 1. The number of aryl methyl sites for hydroxylation is 2. The van der Waals surface area contributed by atoms with Crippen molar-refractivity contribution >= 4 is 38.7 Å². The number of nitrogens with zero attached hydrogens (tertiary/aromatic N) is 2. The Balaban J connectivity index is 1.65. The molecular weight excluding hydrogens is 444 g/mol. The summed E-state index contributed by atoms with van der Waals surface area (Å²) in [6.45, 7) is 4.87. The molecular formula is C23H30N4O3S2. The van der Waals surface area contributed by atoms with Gasteiger partial charge in [-0.1, -0.05) is 55.4 Å². The SMILES string of the molecule is CCCCn1c(SCC(=O)NC(C)CCc2ccccc2)nc2cc(S(N)(=O)=O)ccc21. The molecule has 1 amide bonds. The van der Waals surface area contributed by atoms with E-state index in [0.717, 1.165) is 37.7 Å². The van der Waals surface area contributed by atoms with Crippen LogP contribution in [0.4, 0.5) is 0 Å². The highest BCUT2D eigenvalue weighted by molar-refractivity contribution is 7.99. The number of nitrogens with one attached hydrogen (secondary N) is 1. The first-order valence-electron chi connectivity index (χ1n) is 10.8. The number of thioether (sulfide) groups is 1. The number of fused-ring (bicyclic) bond motifs is 1. The van der Waals surface area contributed by atoms with Gasteiger partial charge in [-0.25, -0.2) is 18.5 Å². The Kier molecular flexibility index (Phi) is 8.33. The van der Waals surface area contributed by atoms with E-state index in [2.05, 4.69) is 29.4 Å². The van der Waals surface area contributed by atoms with Crippen LogP contribution in [0.5, 0.6) is 0 Å². The summed E-state index contributed by atoms with van der Waals surface area (Å²) >= 11 is 1.36. The maximum atomic E-state index is 12.5. The summed E-state index contributed by atoms with van der Waals surface area (Å²) in [6, 6.07) is 15.0. The molecule has 0 saturated carbocycles. The highest BCUT2D eigenvalue weighted by Crippen LogP contribution is 2.26. The highest BCUT2D eigenvalue weighted by Gasteiger charge is 2.16. The van der Waals surface area contributed by atoms with Gasteiger partial charge in [-0.2, -0.15) is 0 Å². The average Bonchev–Trinajstić information content (AvgIpc) is 3.11. The van der Waals surface area contributed by atoms with Crippen LogP contribution in [0.25, 0.3) is 11.0 Å². The molecule has 32 heavy (non-hydrogen) atoms. The molecule has 0 aliphatic heterocycles. The number of sulfonamides is 1. The summed E-state index contributed by atoms with van der Waals surface area (Å²) in [4.78, 5) is 17.1. The largest absolute Gasteiger partial charge is 0.353 e. The Morgan fingerprint density at radius 1 is 1.22 bits per heavy atom. The maximum absolute atomic E-state index is 12.5. The lowest BCUT2D eigenvalue weighted by molar-refractivity contribution is -0.119. The van der Waals surface area contributed by atoms with Crippen molar-refractivity contribution in [3.63, 3.8) is 0 Å². The van der Waals surface area contributed by atoms with E-state index in [4.69, 9.17) is 5.14 Å². The lowest BCUT2D eigenvalue weighted by Gasteiger charge is -2.14. The van der Waals surface area contributed by atoms with E-state index in [1.807, 2.05) is 29.7 Å². The summed E-state index contributed by atoms with van der Waals surface area (Å²) in [6.07, 6.45) is 3.75. The van der Waals surface area contributed by atoms with Gasteiger partial charge in [-0.3, -0.25) is 4.79 Å². The predicted molar refractivity (Wildman–Crippen MR) is 129 cm³/mol. The molecule has 0 bridgehead atoms. The predicted octanol–water partition coefficient (Wildman–Crippen LogP) is 3.71. The van der Waals surface area contributed by atoms with Crippen molar-refractivity contribution in [1.29, 1.82) is 0 Å². The number of carbonyl (C=O) groups is 1. The number of hydrogen-bond acceptors (Lipinski definition) is 5. The van der Waals surface area contributed by atoms with Crippen molar-refractivity contribution in [3.05, 3.63) is 54.1 Å². The fourth-order valence-electron chi connectivity index (χ4n) is 3.45. The van der Waals surface area contributed by atoms with Gasteiger partial charge in [0.25, 0.3) is 0 Å². The number of amides is 1. The number of aromatic nitrogens is 2. The first-order chi connectivity index (χ1) is 15.3. The molecule has 1 atom stereocenters. The molecule has 0 aliphatic carbocycles. The minimum absolute atomic E-state index is 0.0340. The summed E-state index contributed by atoms with van der Waals surface area (Å²) in [5.41, 5.74) is 2.66. The monoisotopic (exact) mass is 474 g/mol. The maximum Gasteiger partial charge on any atom is 0.238 e. The molecule has 0 radical (unpaired) electrons. The summed E-state index contributed by atoms with van der Waals surface area (Å²) in [5, 5.41) is 9.01. The molecule has 3 rings (SSSR count). The van der Waals surface area contributed by atoms with Gasteiger partial charge in [0.15, 0.2) is 5.16 Å². The summed E-state index contributed by atoms with van der Waals surface area (Å²) < 4.78 is 25.4. The first kappa shape index (κ1) is 24.3. The van der Waals surface area contributed by atoms with Crippen LogP contribution < -0.4 is 10.5 Å². The molecule has 0 spiro atoms. The Morgan fingerprint density at radius 3 is 2.66 bits per heavy atom. The van der Waals surface area contributed by atoms with E-state index in [0.29, 0.717) is 10.7 Å². The Labute approximate surface area is 193 Å².